The fraction of sp³-hybridized carbons (Fsp3) is 0.353. The van der Waals surface area contributed by atoms with Crippen molar-refractivity contribution in [2.75, 3.05) is 6.61 Å². The van der Waals surface area contributed by atoms with E-state index in [0.717, 1.165) is 22.2 Å². The van der Waals surface area contributed by atoms with Crippen LogP contribution in [0.5, 0.6) is 0 Å². The molecular formula is C17H18N4O4. The fourth-order valence-electron chi connectivity index (χ4n) is 3.29. The van der Waals surface area contributed by atoms with Gasteiger partial charge in [0.25, 0.3) is 0 Å². The number of aliphatic hydroxyl groups is 3. The van der Waals surface area contributed by atoms with Gasteiger partial charge in [-0.15, -0.1) is 0 Å². The molecule has 1 aliphatic heterocycles. The molecule has 1 saturated heterocycles. The standard InChI is InChI=1S/C17H18N4O4/c1-9-13-11(10-2-4-18-5-3-10)6-21(16(13)20-8-19-9)17-15(24)14(23)12(7-22)25-17/h2-6,8,12,14-15,17,22-24H,7H2,1H3/t12-,14-,15-,17-/m1/s1. The quantitative estimate of drug-likeness (QED) is 0.632. The molecule has 0 amide bonds. The van der Waals surface area contributed by atoms with E-state index in [1.807, 2.05) is 25.3 Å². The van der Waals surface area contributed by atoms with Gasteiger partial charge < -0.3 is 24.6 Å². The van der Waals surface area contributed by atoms with Gasteiger partial charge in [-0.2, -0.15) is 0 Å². The zero-order valence-electron chi connectivity index (χ0n) is 13.5. The average molecular weight is 342 g/mol. The molecule has 0 unspecified atom stereocenters. The van der Waals surface area contributed by atoms with Gasteiger partial charge in [-0.05, 0) is 24.6 Å². The van der Waals surface area contributed by atoms with Crippen LogP contribution in [0.4, 0.5) is 0 Å². The fourth-order valence-corrected chi connectivity index (χ4v) is 3.29. The SMILES string of the molecule is Cc1ncnc2c1c(-c1ccncc1)cn2[C@@H]1O[C@H](CO)[C@@H](O)[C@H]1O. The number of hydrogen-bond donors (Lipinski definition) is 3. The Morgan fingerprint density at radius 3 is 2.60 bits per heavy atom. The van der Waals surface area contributed by atoms with Crippen LogP contribution >= 0.6 is 0 Å². The number of aromatic nitrogens is 4. The van der Waals surface area contributed by atoms with Crippen LogP contribution in [0.3, 0.4) is 0 Å². The second-order valence-corrected chi connectivity index (χ2v) is 6.07. The zero-order valence-corrected chi connectivity index (χ0v) is 13.5. The van der Waals surface area contributed by atoms with E-state index in [0.29, 0.717) is 5.65 Å². The number of pyridine rings is 1. The van der Waals surface area contributed by atoms with E-state index >= 15 is 0 Å². The summed E-state index contributed by atoms with van der Waals surface area (Å²) < 4.78 is 7.34. The van der Waals surface area contributed by atoms with Gasteiger partial charge in [0.1, 0.15) is 30.3 Å². The van der Waals surface area contributed by atoms with Crippen LogP contribution in [0.15, 0.2) is 37.1 Å². The van der Waals surface area contributed by atoms with Gasteiger partial charge in [-0.1, -0.05) is 0 Å². The normalized spacial score (nSPS) is 26.4. The highest BCUT2D eigenvalue weighted by molar-refractivity contribution is 5.95. The maximum absolute atomic E-state index is 10.4. The maximum atomic E-state index is 10.4. The zero-order chi connectivity index (χ0) is 17.6. The van der Waals surface area contributed by atoms with E-state index in [2.05, 4.69) is 15.0 Å². The molecule has 3 N–H and O–H groups in total. The van der Waals surface area contributed by atoms with Crippen molar-refractivity contribution in [3.63, 3.8) is 0 Å². The lowest BCUT2D eigenvalue weighted by atomic mass is 10.1. The van der Waals surface area contributed by atoms with Gasteiger partial charge in [-0.3, -0.25) is 4.98 Å². The summed E-state index contributed by atoms with van der Waals surface area (Å²) in [5.74, 6) is 0. The lowest BCUT2D eigenvalue weighted by molar-refractivity contribution is -0.0508. The summed E-state index contributed by atoms with van der Waals surface area (Å²) >= 11 is 0. The minimum Gasteiger partial charge on any atom is -0.394 e. The Kier molecular flexibility index (Phi) is 3.97. The molecule has 4 atom stereocenters. The topological polar surface area (TPSA) is 114 Å². The number of aliphatic hydroxyl groups excluding tert-OH is 3. The van der Waals surface area contributed by atoms with Crippen LogP contribution in [0, 0.1) is 6.92 Å². The molecule has 0 spiro atoms. The molecular weight excluding hydrogens is 324 g/mol. The van der Waals surface area contributed by atoms with Gasteiger partial charge in [0.15, 0.2) is 6.23 Å². The highest BCUT2D eigenvalue weighted by atomic mass is 16.6. The Labute approximate surface area is 143 Å². The molecule has 3 aromatic heterocycles. The van der Waals surface area contributed by atoms with E-state index in [1.54, 1.807) is 17.0 Å². The Morgan fingerprint density at radius 2 is 1.92 bits per heavy atom. The van der Waals surface area contributed by atoms with Gasteiger partial charge >= 0.3 is 0 Å². The summed E-state index contributed by atoms with van der Waals surface area (Å²) in [6.45, 7) is 1.51. The lowest BCUT2D eigenvalue weighted by Gasteiger charge is -2.17. The molecule has 3 aromatic rings. The number of ether oxygens (including phenoxy) is 1. The largest absolute Gasteiger partial charge is 0.394 e. The minimum atomic E-state index is -1.17. The second-order valence-electron chi connectivity index (χ2n) is 6.07. The molecule has 1 fully saturated rings. The van der Waals surface area contributed by atoms with E-state index in [9.17, 15) is 15.3 Å². The summed E-state index contributed by atoms with van der Waals surface area (Å²) in [6, 6.07) is 3.76. The molecule has 130 valence electrons. The molecule has 1 aliphatic rings. The van der Waals surface area contributed by atoms with Gasteiger partial charge in [0.2, 0.25) is 0 Å². The molecule has 0 aromatic carbocycles. The van der Waals surface area contributed by atoms with E-state index < -0.39 is 24.5 Å². The number of nitrogens with zero attached hydrogens (tertiary/aromatic N) is 4. The predicted molar refractivity (Wildman–Crippen MR) is 88.5 cm³/mol. The molecule has 0 aliphatic carbocycles. The number of fused-ring (bicyclic) bond motifs is 1. The number of rotatable bonds is 3. The van der Waals surface area contributed by atoms with E-state index in [-0.39, 0.29) is 6.61 Å². The first-order valence-corrected chi connectivity index (χ1v) is 7.96. The summed E-state index contributed by atoms with van der Waals surface area (Å²) in [5.41, 5.74) is 3.20. The highest BCUT2D eigenvalue weighted by Crippen LogP contribution is 2.37. The molecule has 8 heteroatoms. The second kappa shape index (κ2) is 6.16. The molecule has 0 radical (unpaired) electrons. The molecule has 25 heavy (non-hydrogen) atoms. The van der Waals surface area contributed by atoms with Crippen molar-refractivity contribution in [3.05, 3.63) is 42.7 Å². The Hall–Kier alpha value is -2.39. The Morgan fingerprint density at radius 1 is 1.16 bits per heavy atom. The first-order chi connectivity index (χ1) is 12.1. The first-order valence-electron chi connectivity index (χ1n) is 7.96. The summed E-state index contributed by atoms with van der Waals surface area (Å²) in [6.07, 6.45) is 2.64. The van der Waals surface area contributed by atoms with Crippen molar-refractivity contribution in [1.29, 1.82) is 0 Å². The van der Waals surface area contributed by atoms with Crippen molar-refractivity contribution >= 4 is 11.0 Å². The molecule has 0 bridgehead atoms. The third-order valence-corrected chi connectivity index (χ3v) is 4.58. The smallest absolute Gasteiger partial charge is 0.164 e. The monoisotopic (exact) mass is 342 g/mol. The van der Waals surface area contributed by atoms with Crippen molar-refractivity contribution in [2.24, 2.45) is 0 Å². The summed E-state index contributed by atoms with van der Waals surface area (Å²) in [4.78, 5) is 12.6. The summed E-state index contributed by atoms with van der Waals surface area (Å²) in [7, 11) is 0. The minimum absolute atomic E-state index is 0.376. The third kappa shape index (κ3) is 2.50. The third-order valence-electron chi connectivity index (χ3n) is 4.58. The van der Waals surface area contributed by atoms with Gasteiger partial charge in [0.05, 0.1) is 12.3 Å². The van der Waals surface area contributed by atoms with Crippen LogP contribution < -0.4 is 0 Å². The molecule has 0 saturated carbocycles. The van der Waals surface area contributed by atoms with E-state index in [1.165, 1.54) is 6.33 Å². The Bertz CT molecular complexity index is 898. The molecule has 4 heterocycles. The van der Waals surface area contributed by atoms with Crippen molar-refractivity contribution < 1.29 is 20.1 Å². The van der Waals surface area contributed by atoms with E-state index in [4.69, 9.17) is 4.74 Å². The first kappa shape index (κ1) is 16.1. The molecule has 8 nitrogen and oxygen atoms in total. The van der Waals surface area contributed by atoms with Crippen LogP contribution in [0.25, 0.3) is 22.2 Å². The predicted octanol–water partition coefficient (Wildman–Crippen LogP) is 0.413. The average Bonchev–Trinajstić information content (AvgIpc) is 3.15. The van der Waals surface area contributed by atoms with Crippen LogP contribution in [-0.2, 0) is 4.74 Å². The van der Waals surface area contributed by atoms with Gasteiger partial charge in [-0.25, -0.2) is 9.97 Å². The number of hydrogen-bond acceptors (Lipinski definition) is 7. The van der Waals surface area contributed by atoms with Crippen LogP contribution in [-0.4, -0.2) is 59.8 Å². The van der Waals surface area contributed by atoms with Crippen LogP contribution in [0.1, 0.15) is 11.9 Å². The van der Waals surface area contributed by atoms with Crippen LogP contribution in [0.2, 0.25) is 0 Å². The van der Waals surface area contributed by atoms with Gasteiger partial charge in [0, 0.05) is 29.5 Å². The molecule has 4 rings (SSSR count). The van der Waals surface area contributed by atoms with Crippen molar-refractivity contribution in [3.8, 4) is 11.1 Å². The summed E-state index contributed by atoms with van der Waals surface area (Å²) in [5, 5.41) is 30.6. The van der Waals surface area contributed by atoms with Crippen molar-refractivity contribution in [2.45, 2.75) is 31.5 Å². The highest BCUT2D eigenvalue weighted by Gasteiger charge is 2.44. The Balaban J connectivity index is 1.90. The maximum Gasteiger partial charge on any atom is 0.164 e. The van der Waals surface area contributed by atoms with Crippen molar-refractivity contribution in [1.82, 2.24) is 19.5 Å². The number of aryl methyl sites for hydroxylation is 1. The lowest BCUT2D eigenvalue weighted by Crippen LogP contribution is -2.33.